The molecule has 0 spiro atoms. The first-order valence-corrected chi connectivity index (χ1v) is 11.1. The molecule has 2 N–H and O–H groups in total. The summed E-state index contributed by atoms with van der Waals surface area (Å²) in [5, 5.41) is 18.1. The first-order chi connectivity index (χ1) is 13.3. The van der Waals surface area contributed by atoms with E-state index < -0.39 is 0 Å². The van der Waals surface area contributed by atoms with Crippen molar-refractivity contribution >= 4 is 63.7 Å². The second kappa shape index (κ2) is 13.7. The van der Waals surface area contributed by atoms with Gasteiger partial charge in [0.05, 0.1) is 31.1 Å². The maximum atomic E-state index is 9.04. The SMILES string of the molecule is COCCOc1cc(Br)c(OCCOC)cc1Br.Oc1cc(Br)c(O)cc1Br. The van der Waals surface area contributed by atoms with Crippen LogP contribution in [0.2, 0.25) is 0 Å². The summed E-state index contributed by atoms with van der Waals surface area (Å²) in [6.45, 7) is 2.11. The molecule has 156 valence electrons. The summed E-state index contributed by atoms with van der Waals surface area (Å²) in [7, 11) is 3.28. The minimum Gasteiger partial charge on any atom is -0.507 e. The van der Waals surface area contributed by atoms with E-state index in [4.69, 9.17) is 29.2 Å². The molecular weight excluding hydrogens is 632 g/mol. The fourth-order valence-electron chi connectivity index (χ4n) is 1.73. The van der Waals surface area contributed by atoms with Gasteiger partial charge in [-0.1, -0.05) is 0 Å². The van der Waals surface area contributed by atoms with Gasteiger partial charge in [0.15, 0.2) is 0 Å². The van der Waals surface area contributed by atoms with Crippen LogP contribution in [-0.4, -0.2) is 50.9 Å². The highest BCUT2D eigenvalue weighted by atomic mass is 79.9. The number of ether oxygens (including phenoxy) is 4. The molecule has 0 aromatic heterocycles. The lowest BCUT2D eigenvalue weighted by Crippen LogP contribution is -2.06. The fraction of sp³-hybridized carbons (Fsp3) is 0.333. The number of phenolic OH excluding ortho intramolecular Hbond substituents is 2. The molecule has 10 heteroatoms. The van der Waals surface area contributed by atoms with Gasteiger partial charge in [0, 0.05) is 14.2 Å². The zero-order chi connectivity index (χ0) is 21.1. The number of hydrogen-bond donors (Lipinski definition) is 2. The van der Waals surface area contributed by atoms with Gasteiger partial charge in [-0.2, -0.15) is 0 Å². The van der Waals surface area contributed by atoms with E-state index in [0.29, 0.717) is 35.4 Å². The van der Waals surface area contributed by atoms with Crippen molar-refractivity contribution in [3.63, 3.8) is 0 Å². The van der Waals surface area contributed by atoms with Crippen molar-refractivity contribution in [2.24, 2.45) is 0 Å². The first kappa shape index (κ1) is 25.5. The molecule has 28 heavy (non-hydrogen) atoms. The molecule has 0 heterocycles. The molecule has 0 atom stereocenters. The van der Waals surface area contributed by atoms with E-state index >= 15 is 0 Å². The molecule has 0 aliphatic heterocycles. The molecule has 0 amide bonds. The zero-order valence-electron chi connectivity index (χ0n) is 15.2. The van der Waals surface area contributed by atoms with Crippen molar-refractivity contribution < 1.29 is 29.2 Å². The van der Waals surface area contributed by atoms with Gasteiger partial charge in [0.25, 0.3) is 0 Å². The lowest BCUT2D eigenvalue weighted by Gasteiger charge is -2.12. The van der Waals surface area contributed by atoms with Crippen molar-refractivity contribution in [2.75, 3.05) is 40.6 Å². The van der Waals surface area contributed by atoms with Crippen LogP contribution in [0.4, 0.5) is 0 Å². The lowest BCUT2D eigenvalue weighted by molar-refractivity contribution is 0.143. The lowest BCUT2D eigenvalue weighted by atomic mass is 10.3. The zero-order valence-corrected chi connectivity index (χ0v) is 21.5. The van der Waals surface area contributed by atoms with Gasteiger partial charge in [-0.3, -0.25) is 0 Å². The van der Waals surface area contributed by atoms with E-state index in [9.17, 15) is 0 Å². The Morgan fingerprint density at radius 1 is 0.607 bits per heavy atom. The van der Waals surface area contributed by atoms with Crippen molar-refractivity contribution in [1.29, 1.82) is 0 Å². The smallest absolute Gasteiger partial charge is 0.134 e. The predicted octanol–water partition coefficient (Wildman–Crippen LogP) is 5.88. The number of aromatic hydroxyl groups is 2. The highest BCUT2D eigenvalue weighted by Crippen LogP contribution is 2.36. The van der Waals surface area contributed by atoms with Crippen LogP contribution < -0.4 is 9.47 Å². The Kier molecular flexibility index (Phi) is 12.4. The fourth-order valence-corrected chi connectivity index (χ4v) is 3.26. The Bertz CT molecular complexity index is 671. The molecule has 2 rings (SSSR count). The van der Waals surface area contributed by atoms with E-state index in [1.807, 2.05) is 12.1 Å². The third-order valence-corrected chi connectivity index (χ3v) is 5.60. The van der Waals surface area contributed by atoms with Crippen LogP contribution in [0.25, 0.3) is 0 Å². The summed E-state index contributed by atoms with van der Waals surface area (Å²) in [6, 6.07) is 6.56. The predicted molar refractivity (Wildman–Crippen MR) is 122 cm³/mol. The Hall–Kier alpha value is -0.520. The number of phenols is 2. The average molecular weight is 652 g/mol. The molecule has 0 unspecified atom stereocenters. The largest absolute Gasteiger partial charge is 0.507 e. The number of rotatable bonds is 8. The van der Waals surface area contributed by atoms with Gasteiger partial charge in [0.1, 0.15) is 36.2 Å². The van der Waals surface area contributed by atoms with Crippen LogP contribution >= 0.6 is 63.7 Å². The van der Waals surface area contributed by atoms with Gasteiger partial charge in [-0.15, -0.1) is 0 Å². The maximum Gasteiger partial charge on any atom is 0.134 e. The van der Waals surface area contributed by atoms with Crippen molar-refractivity contribution in [1.82, 2.24) is 0 Å². The van der Waals surface area contributed by atoms with E-state index in [1.54, 1.807) is 14.2 Å². The van der Waals surface area contributed by atoms with E-state index in [0.717, 1.165) is 20.4 Å². The highest BCUT2D eigenvalue weighted by molar-refractivity contribution is 9.11. The van der Waals surface area contributed by atoms with Crippen molar-refractivity contribution in [2.45, 2.75) is 0 Å². The molecular formula is C18H20Br4O6. The van der Waals surface area contributed by atoms with Crippen LogP contribution in [0, 0.1) is 0 Å². The maximum absolute atomic E-state index is 9.04. The third kappa shape index (κ3) is 8.87. The summed E-state index contributed by atoms with van der Waals surface area (Å²) >= 11 is 13.0. The van der Waals surface area contributed by atoms with E-state index in [1.165, 1.54) is 12.1 Å². The standard InChI is InChI=1S/C12H16Br2O4.C6H4Br2O2/c1-15-3-5-17-11-7-10(14)12(8-9(11)13)18-6-4-16-2;7-3-1-5(9)4(8)2-6(3)10/h7-8H,3-6H2,1-2H3;1-2,9-10H. The van der Waals surface area contributed by atoms with Crippen LogP contribution in [-0.2, 0) is 9.47 Å². The Labute approximate surface area is 197 Å². The Morgan fingerprint density at radius 3 is 1.29 bits per heavy atom. The number of hydrogen-bond acceptors (Lipinski definition) is 6. The minimum absolute atomic E-state index is 0.102. The Balaban J connectivity index is 0.000000330. The molecule has 2 aromatic carbocycles. The summed E-state index contributed by atoms with van der Waals surface area (Å²) in [5.41, 5.74) is 0. The molecule has 0 saturated carbocycles. The first-order valence-electron chi connectivity index (χ1n) is 7.89. The van der Waals surface area contributed by atoms with Gasteiger partial charge in [-0.25, -0.2) is 0 Å². The summed E-state index contributed by atoms with van der Waals surface area (Å²) in [5.74, 6) is 1.70. The number of benzene rings is 2. The molecule has 0 bridgehead atoms. The molecule has 0 aliphatic rings. The van der Waals surface area contributed by atoms with Gasteiger partial charge >= 0.3 is 0 Å². The quantitative estimate of drug-likeness (QED) is 0.274. The van der Waals surface area contributed by atoms with Crippen molar-refractivity contribution in [3.8, 4) is 23.0 Å². The second-order valence-electron chi connectivity index (χ2n) is 5.15. The summed E-state index contributed by atoms with van der Waals surface area (Å²) in [4.78, 5) is 0. The van der Waals surface area contributed by atoms with Crippen molar-refractivity contribution in [3.05, 3.63) is 42.2 Å². The molecule has 2 aromatic rings. The van der Waals surface area contributed by atoms with Gasteiger partial charge < -0.3 is 29.2 Å². The topological polar surface area (TPSA) is 77.4 Å². The monoisotopic (exact) mass is 648 g/mol. The van der Waals surface area contributed by atoms with E-state index in [-0.39, 0.29) is 11.5 Å². The van der Waals surface area contributed by atoms with Crippen LogP contribution in [0.15, 0.2) is 42.2 Å². The minimum atomic E-state index is 0.102. The number of halogens is 4. The van der Waals surface area contributed by atoms with Gasteiger partial charge in [-0.05, 0) is 88.0 Å². The molecule has 0 fully saturated rings. The third-order valence-electron chi connectivity index (χ3n) is 3.09. The van der Waals surface area contributed by atoms with Crippen LogP contribution in [0.1, 0.15) is 0 Å². The van der Waals surface area contributed by atoms with E-state index in [2.05, 4.69) is 63.7 Å². The highest BCUT2D eigenvalue weighted by Gasteiger charge is 2.09. The average Bonchev–Trinajstić information content (AvgIpc) is 2.64. The van der Waals surface area contributed by atoms with Crippen LogP contribution in [0.5, 0.6) is 23.0 Å². The summed E-state index contributed by atoms with van der Waals surface area (Å²) in [6.07, 6.45) is 0. The molecule has 6 nitrogen and oxygen atoms in total. The Morgan fingerprint density at radius 2 is 0.964 bits per heavy atom. The molecule has 0 saturated heterocycles. The second-order valence-corrected chi connectivity index (χ2v) is 8.57. The summed E-state index contributed by atoms with van der Waals surface area (Å²) < 4.78 is 23.6. The van der Waals surface area contributed by atoms with Gasteiger partial charge in [0.2, 0.25) is 0 Å². The molecule has 0 radical (unpaired) electrons. The van der Waals surface area contributed by atoms with Crippen LogP contribution in [0.3, 0.4) is 0 Å². The normalized spacial score (nSPS) is 10.2. The number of methoxy groups -OCH3 is 2. The molecule has 0 aliphatic carbocycles.